The monoisotopic (exact) mass is 302 g/mol. The highest BCUT2D eigenvalue weighted by Crippen LogP contribution is 2.31. The van der Waals surface area contributed by atoms with Crippen molar-refractivity contribution < 1.29 is 0 Å². The normalized spacial score (nSPS) is 21.8. The molecule has 1 fully saturated rings. The summed E-state index contributed by atoms with van der Waals surface area (Å²) in [6.07, 6.45) is 6.76. The van der Waals surface area contributed by atoms with E-state index in [1.165, 1.54) is 32.1 Å². The molecule has 1 aliphatic rings. The van der Waals surface area contributed by atoms with Crippen LogP contribution in [0.2, 0.25) is 0 Å². The second kappa shape index (κ2) is 8.34. The van der Waals surface area contributed by atoms with Gasteiger partial charge in [-0.2, -0.15) is 5.26 Å². The Balaban J connectivity index is 1.91. The summed E-state index contributed by atoms with van der Waals surface area (Å²) in [7, 11) is 0. The summed E-state index contributed by atoms with van der Waals surface area (Å²) in [5, 5.41) is 12.9. The zero-order valence-corrected chi connectivity index (χ0v) is 14.0. The average Bonchev–Trinajstić information content (AvgIpc) is 2.48. The number of rotatable bonds is 6. The standard InChI is InChI=1S/C18H26N2S/c1-3-21-18-9-5-8-17(16(18)13-19)20-11-10-15-7-4-6-14(2)12-15/h5,8-9,14-15,20H,3-4,6-7,10-12H2,1-2H3. The summed E-state index contributed by atoms with van der Waals surface area (Å²) in [6.45, 7) is 5.47. The Hall–Kier alpha value is -1.14. The largest absolute Gasteiger partial charge is 0.384 e. The van der Waals surface area contributed by atoms with Gasteiger partial charge >= 0.3 is 0 Å². The van der Waals surface area contributed by atoms with E-state index in [4.69, 9.17) is 0 Å². The van der Waals surface area contributed by atoms with Gasteiger partial charge in [0.05, 0.1) is 11.3 Å². The molecule has 3 heteroatoms. The van der Waals surface area contributed by atoms with Crippen molar-refractivity contribution in [2.75, 3.05) is 17.6 Å². The molecule has 1 saturated carbocycles. The van der Waals surface area contributed by atoms with Crippen LogP contribution in [0.15, 0.2) is 23.1 Å². The number of anilines is 1. The van der Waals surface area contributed by atoms with Crippen LogP contribution < -0.4 is 5.32 Å². The molecule has 1 aromatic rings. The Kier molecular flexibility index (Phi) is 6.45. The number of benzene rings is 1. The molecule has 2 unspecified atom stereocenters. The second-order valence-electron chi connectivity index (χ2n) is 6.08. The third-order valence-corrected chi connectivity index (χ3v) is 5.29. The van der Waals surface area contributed by atoms with Gasteiger partial charge in [0.1, 0.15) is 6.07 Å². The van der Waals surface area contributed by atoms with Gasteiger partial charge in [-0.25, -0.2) is 0 Å². The van der Waals surface area contributed by atoms with Crippen LogP contribution in [0.1, 0.15) is 51.5 Å². The first kappa shape index (κ1) is 16.2. The molecule has 1 aliphatic carbocycles. The van der Waals surface area contributed by atoms with E-state index in [9.17, 15) is 5.26 Å². The van der Waals surface area contributed by atoms with E-state index in [2.05, 4.69) is 25.2 Å². The second-order valence-corrected chi connectivity index (χ2v) is 7.38. The van der Waals surface area contributed by atoms with Crippen molar-refractivity contribution in [2.45, 2.75) is 50.8 Å². The highest BCUT2D eigenvalue weighted by Gasteiger charge is 2.18. The van der Waals surface area contributed by atoms with Gasteiger partial charge in [-0.05, 0) is 42.6 Å². The minimum absolute atomic E-state index is 0.807. The zero-order chi connectivity index (χ0) is 15.1. The number of thioether (sulfide) groups is 1. The highest BCUT2D eigenvalue weighted by atomic mass is 32.2. The maximum atomic E-state index is 9.41. The van der Waals surface area contributed by atoms with Gasteiger partial charge in [0.25, 0.3) is 0 Å². The van der Waals surface area contributed by atoms with Crippen LogP contribution >= 0.6 is 11.8 Å². The van der Waals surface area contributed by atoms with Crippen molar-refractivity contribution in [2.24, 2.45) is 11.8 Å². The van der Waals surface area contributed by atoms with E-state index in [-0.39, 0.29) is 0 Å². The average molecular weight is 302 g/mol. The van der Waals surface area contributed by atoms with Crippen LogP contribution in [-0.4, -0.2) is 12.3 Å². The van der Waals surface area contributed by atoms with E-state index in [1.807, 2.05) is 18.2 Å². The molecule has 2 atom stereocenters. The molecule has 1 N–H and O–H groups in total. The SMILES string of the molecule is CCSc1cccc(NCCC2CCCC(C)C2)c1C#N. The first-order valence-electron chi connectivity index (χ1n) is 8.14. The van der Waals surface area contributed by atoms with Gasteiger partial charge in [0.15, 0.2) is 0 Å². The van der Waals surface area contributed by atoms with Gasteiger partial charge in [-0.3, -0.25) is 0 Å². The zero-order valence-electron chi connectivity index (χ0n) is 13.2. The van der Waals surface area contributed by atoms with Gasteiger partial charge < -0.3 is 5.32 Å². The summed E-state index contributed by atoms with van der Waals surface area (Å²) in [4.78, 5) is 1.09. The Morgan fingerprint density at radius 3 is 2.95 bits per heavy atom. The lowest BCUT2D eigenvalue weighted by Crippen LogP contribution is -2.16. The molecule has 1 aromatic carbocycles. The topological polar surface area (TPSA) is 35.8 Å². The van der Waals surface area contributed by atoms with Crippen LogP contribution in [0.5, 0.6) is 0 Å². The first-order chi connectivity index (χ1) is 10.2. The summed E-state index contributed by atoms with van der Waals surface area (Å²) < 4.78 is 0. The van der Waals surface area contributed by atoms with Gasteiger partial charge in [0, 0.05) is 11.4 Å². The predicted octanol–water partition coefficient (Wildman–Crippen LogP) is 5.30. The number of nitriles is 1. The van der Waals surface area contributed by atoms with Crippen molar-refractivity contribution in [1.82, 2.24) is 0 Å². The molecular formula is C18H26N2S. The molecule has 0 amide bonds. The molecule has 0 bridgehead atoms. The minimum atomic E-state index is 0.807. The molecule has 21 heavy (non-hydrogen) atoms. The molecule has 2 nitrogen and oxygen atoms in total. The highest BCUT2D eigenvalue weighted by molar-refractivity contribution is 7.99. The van der Waals surface area contributed by atoms with Gasteiger partial charge in [0.2, 0.25) is 0 Å². The predicted molar refractivity (Wildman–Crippen MR) is 91.8 cm³/mol. The molecule has 0 radical (unpaired) electrons. The van der Waals surface area contributed by atoms with E-state index in [0.717, 1.165) is 40.3 Å². The number of hydrogen-bond acceptors (Lipinski definition) is 3. The van der Waals surface area contributed by atoms with Gasteiger partial charge in [-0.1, -0.05) is 39.2 Å². The fraction of sp³-hybridized carbons (Fsp3) is 0.611. The molecular weight excluding hydrogens is 276 g/mol. The Morgan fingerprint density at radius 2 is 2.24 bits per heavy atom. The maximum Gasteiger partial charge on any atom is 0.102 e. The lowest BCUT2D eigenvalue weighted by molar-refractivity contribution is 0.274. The van der Waals surface area contributed by atoms with Crippen molar-refractivity contribution in [3.63, 3.8) is 0 Å². The summed E-state index contributed by atoms with van der Waals surface area (Å²) in [6, 6.07) is 8.48. The van der Waals surface area contributed by atoms with E-state index >= 15 is 0 Å². The fourth-order valence-electron chi connectivity index (χ4n) is 3.30. The Bertz CT molecular complexity index is 492. The summed E-state index contributed by atoms with van der Waals surface area (Å²) in [5.74, 6) is 2.75. The number of hydrogen-bond donors (Lipinski definition) is 1. The molecule has 0 saturated heterocycles. The lowest BCUT2D eigenvalue weighted by atomic mass is 9.81. The van der Waals surface area contributed by atoms with Crippen molar-refractivity contribution >= 4 is 17.4 Å². The Labute approximate surface area is 133 Å². The van der Waals surface area contributed by atoms with Crippen LogP contribution in [0.25, 0.3) is 0 Å². The van der Waals surface area contributed by atoms with E-state index in [0.29, 0.717) is 0 Å². The molecule has 114 valence electrons. The summed E-state index contributed by atoms with van der Waals surface area (Å²) >= 11 is 1.74. The Morgan fingerprint density at radius 1 is 1.38 bits per heavy atom. The molecule has 0 heterocycles. The third kappa shape index (κ3) is 4.68. The van der Waals surface area contributed by atoms with Crippen molar-refractivity contribution in [3.05, 3.63) is 23.8 Å². The maximum absolute atomic E-state index is 9.41. The molecule has 0 aliphatic heterocycles. The molecule has 2 rings (SSSR count). The first-order valence-corrected chi connectivity index (χ1v) is 9.13. The fourth-order valence-corrected chi connectivity index (χ4v) is 4.09. The van der Waals surface area contributed by atoms with E-state index in [1.54, 1.807) is 11.8 Å². The lowest BCUT2D eigenvalue weighted by Gasteiger charge is -2.26. The van der Waals surface area contributed by atoms with Crippen LogP contribution in [0, 0.1) is 23.2 Å². The van der Waals surface area contributed by atoms with Crippen LogP contribution in [0.3, 0.4) is 0 Å². The van der Waals surface area contributed by atoms with E-state index < -0.39 is 0 Å². The van der Waals surface area contributed by atoms with Crippen molar-refractivity contribution in [1.29, 1.82) is 5.26 Å². The molecule has 0 spiro atoms. The van der Waals surface area contributed by atoms with Crippen LogP contribution in [0.4, 0.5) is 5.69 Å². The third-order valence-electron chi connectivity index (χ3n) is 4.35. The quantitative estimate of drug-likeness (QED) is 0.724. The summed E-state index contributed by atoms with van der Waals surface area (Å²) in [5.41, 5.74) is 1.81. The minimum Gasteiger partial charge on any atom is -0.384 e. The smallest absolute Gasteiger partial charge is 0.102 e. The van der Waals surface area contributed by atoms with Gasteiger partial charge in [-0.15, -0.1) is 11.8 Å². The van der Waals surface area contributed by atoms with Crippen LogP contribution in [-0.2, 0) is 0 Å². The number of nitrogens with zero attached hydrogens (tertiary/aromatic N) is 1. The van der Waals surface area contributed by atoms with Crippen molar-refractivity contribution in [3.8, 4) is 6.07 Å². The molecule has 0 aromatic heterocycles. The number of nitrogens with one attached hydrogen (secondary N) is 1.